The van der Waals surface area contributed by atoms with Crippen LogP contribution in [0.15, 0.2) is 35.9 Å². The van der Waals surface area contributed by atoms with Crippen LogP contribution in [0, 0.1) is 17.2 Å². The number of rotatable bonds is 5. The Morgan fingerprint density at radius 3 is 2.56 bits per heavy atom. The number of esters is 1. The molecule has 0 aliphatic heterocycles. The molecule has 0 saturated heterocycles. The van der Waals surface area contributed by atoms with Gasteiger partial charge in [-0.3, -0.25) is 4.79 Å². The van der Waals surface area contributed by atoms with Crippen LogP contribution in [0.25, 0.3) is 0 Å². The van der Waals surface area contributed by atoms with E-state index in [1.165, 1.54) is 12.1 Å². The van der Waals surface area contributed by atoms with E-state index in [0.29, 0.717) is 23.1 Å². The van der Waals surface area contributed by atoms with Gasteiger partial charge in [-0.2, -0.15) is 5.26 Å². The molecule has 2 atom stereocenters. The highest BCUT2D eigenvalue weighted by Gasteiger charge is 2.28. The van der Waals surface area contributed by atoms with Crippen LogP contribution in [0.2, 0.25) is 0 Å². The van der Waals surface area contributed by atoms with Crippen LogP contribution in [-0.2, 0) is 9.53 Å². The normalized spacial score (nSPS) is 18.4. The van der Waals surface area contributed by atoms with Crippen molar-refractivity contribution < 1.29 is 18.7 Å². The number of hydrogen-bond donors (Lipinski definition) is 0. The van der Waals surface area contributed by atoms with Crippen molar-refractivity contribution in [1.29, 1.82) is 5.26 Å². The molecule has 0 bridgehead atoms. The van der Waals surface area contributed by atoms with E-state index in [1.54, 1.807) is 39.0 Å². The Bertz CT molecular complexity index is 723. The molecule has 132 valence electrons. The van der Waals surface area contributed by atoms with Crippen molar-refractivity contribution in [3.05, 3.63) is 47.0 Å². The number of alkyl halides is 1. The molecule has 1 aliphatic carbocycles. The first kappa shape index (κ1) is 18.9. The Balaban J connectivity index is 1.95. The fraction of sp³-hybridized carbons (Fsp3) is 0.450. The topological polar surface area (TPSA) is 67.2 Å². The molecule has 0 spiro atoms. The Morgan fingerprint density at radius 2 is 2.00 bits per heavy atom. The van der Waals surface area contributed by atoms with Crippen LogP contribution in [-0.4, -0.2) is 17.4 Å². The monoisotopic (exact) mass is 343 g/mol. The third-order valence-corrected chi connectivity index (χ3v) is 4.03. The second kappa shape index (κ2) is 7.60. The molecule has 0 fully saturated rings. The third kappa shape index (κ3) is 4.99. The second-order valence-corrected chi connectivity index (χ2v) is 7.16. The van der Waals surface area contributed by atoms with Gasteiger partial charge < -0.3 is 4.74 Å². The van der Waals surface area contributed by atoms with Gasteiger partial charge in [0, 0.05) is 12.0 Å². The summed E-state index contributed by atoms with van der Waals surface area (Å²) in [7, 11) is 0. The standard InChI is InChI=1S/C20H22FNO3/c1-20(2,3)25-19(24)14-6-4-13(5-7-14)17(21)10-9-16-15(12-22)8-11-18(16)23/h4-8,16-17H,9-11H2,1-3H3. The van der Waals surface area contributed by atoms with E-state index in [1.807, 2.05) is 6.07 Å². The van der Waals surface area contributed by atoms with Gasteiger partial charge in [-0.05, 0) is 51.3 Å². The Kier molecular flexibility index (Phi) is 5.73. The quantitative estimate of drug-likeness (QED) is 0.740. The van der Waals surface area contributed by atoms with Gasteiger partial charge in [0.1, 0.15) is 17.6 Å². The van der Waals surface area contributed by atoms with E-state index in [4.69, 9.17) is 10.00 Å². The average molecular weight is 343 g/mol. The Morgan fingerprint density at radius 1 is 1.36 bits per heavy atom. The van der Waals surface area contributed by atoms with Crippen molar-refractivity contribution in [3.8, 4) is 6.07 Å². The minimum atomic E-state index is -1.25. The Hall–Kier alpha value is -2.48. The van der Waals surface area contributed by atoms with Gasteiger partial charge in [0.25, 0.3) is 0 Å². The summed E-state index contributed by atoms with van der Waals surface area (Å²) < 4.78 is 19.7. The SMILES string of the molecule is CC(C)(C)OC(=O)c1ccc(C(F)CCC2C(=O)CC=C2C#N)cc1. The first-order valence-electron chi connectivity index (χ1n) is 8.31. The molecule has 4 nitrogen and oxygen atoms in total. The van der Waals surface area contributed by atoms with Gasteiger partial charge in [-0.15, -0.1) is 0 Å². The van der Waals surface area contributed by atoms with Crippen LogP contribution in [0.4, 0.5) is 4.39 Å². The zero-order valence-electron chi connectivity index (χ0n) is 14.7. The van der Waals surface area contributed by atoms with E-state index >= 15 is 0 Å². The van der Waals surface area contributed by atoms with E-state index in [0.717, 1.165) is 0 Å². The summed E-state index contributed by atoms with van der Waals surface area (Å²) in [6, 6.07) is 8.20. The highest BCUT2D eigenvalue weighted by Crippen LogP contribution is 2.31. The number of nitrogens with zero attached hydrogens (tertiary/aromatic N) is 1. The van der Waals surface area contributed by atoms with E-state index < -0.39 is 23.7 Å². The molecule has 5 heteroatoms. The fourth-order valence-electron chi connectivity index (χ4n) is 2.75. The van der Waals surface area contributed by atoms with Gasteiger partial charge in [0.2, 0.25) is 0 Å². The van der Waals surface area contributed by atoms with Gasteiger partial charge in [-0.1, -0.05) is 18.2 Å². The minimum absolute atomic E-state index is 0.0241. The number of ether oxygens (including phenoxy) is 1. The molecular formula is C20H22FNO3. The van der Waals surface area contributed by atoms with E-state index in [2.05, 4.69) is 0 Å². The predicted octanol–water partition coefficient (Wildman–Crippen LogP) is 4.47. The third-order valence-electron chi connectivity index (χ3n) is 4.03. The van der Waals surface area contributed by atoms with Gasteiger partial charge in [-0.25, -0.2) is 9.18 Å². The predicted molar refractivity (Wildman–Crippen MR) is 91.5 cm³/mol. The van der Waals surface area contributed by atoms with Crippen LogP contribution < -0.4 is 0 Å². The summed E-state index contributed by atoms with van der Waals surface area (Å²) in [5.74, 6) is -0.955. The molecule has 0 amide bonds. The smallest absolute Gasteiger partial charge is 0.338 e. The summed E-state index contributed by atoms with van der Waals surface area (Å²) in [5, 5.41) is 8.99. The Labute approximate surface area is 147 Å². The van der Waals surface area contributed by atoms with Crippen molar-refractivity contribution in [2.45, 2.75) is 51.8 Å². The lowest BCUT2D eigenvalue weighted by molar-refractivity contribution is -0.120. The highest BCUT2D eigenvalue weighted by molar-refractivity contribution is 5.90. The molecule has 2 unspecified atom stereocenters. The lowest BCUT2D eigenvalue weighted by Crippen LogP contribution is -2.23. The number of nitriles is 1. The summed E-state index contributed by atoms with van der Waals surface area (Å²) >= 11 is 0. The average Bonchev–Trinajstić information content (AvgIpc) is 2.91. The maximum absolute atomic E-state index is 14.4. The number of Topliss-reactive ketones (excluding diaryl/α,β-unsaturated/α-hetero) is 1. The van der Waals surface area contributed by atoms with Crippen molar-refractivity contribution in [2.75, 3.05) is 0 Å². The largest absolute Gasteiger partial charge is 0.456 e. The fourth-order valence-corrected chi connectivity index (χ4v) is 2.75. The first-order valence-corrected chi connectivity index (χ1v) is 8.31. The summed E-state index contributed by atoms with van der Waals surface area (Å²) in [6.07, 6.45) is 1.10. The zero-order valence-corrected chi connectivity index (χ0v) is 14.7. The molecule has 1 aromatic carbocycles. The number of allylic oxidation sites excluding steroid dienone is 2. The molecule has 1 aliphatic rings. The van der Waals surface area contributed by atoms with Crippen molar-refractivity contribution in [2.24, 2.45) is 5.92 Å². The second-order valence-electron chi connectivity index (χ2n) is 7.16. The van der Waals surface area contributed by atoms with Crippen LogP contribution in [0.5, 0.6) is 0 Å². The molecule has 1 aromatic rings. The first-order chi connectivity index (χ1) is 11.7. The highest BCUT2D eigenvalue weighted by atomic mass is 19.1. The number of benzene rings is 1. The van der Waals surface area contributed by atoms with E-state index in [-0.39, 0.29) is 18.6 Å². The molecule has 0 N–H and O–H groups in total. The lowest BCUT2D eigenvalue weighted by Gasteiger charge is -2.19. The summed E-state index contributed by atoms with van der Waals surface area (Å²) in [5.41, 5.74) is 0.669. The van der Waals surface area contributed by atoms with Crippen LogP contribution in [0.1, 0.15) is 62.1 Å². The lowest BCUT2D eigenvalue weighted by atomic mass is 9.92. The van der Waals surface area contributed by atoms with Crippen molar-refractivity contribution >= 4 is 11.8 Å². The van der Waals surface area contributed by atoms with Gasteiger partial charge in [0.05, 0.1) is 17.6 Å². The molecule has 25 heavy (non-hydrogen) atoms. The number of carbonyl (C=O) groups is 2. The van der Waals surface area contributed by atoms with Crippen molar-refractivity contribution in [1.82, 2.24) is 0 Å². The maximum Gasteiger partial charge on any atom is 0.338 e. The number of halogens is 1. The van der Waals surface area contributed by atoms with Gasteiger partial charge in [0.15, 0.2) is 0 Å². The number of carbonyl (C=O) groups excluding carboxylic acids is 2. The van der Waals surface area contributed by atoms with Crippen molar-refractivity contribution in [3.63, 3.8) is 0 Å². The zero-order chi connectivity index (χ0) is 18.6. The summed E-state index contributed by atoms with van der Waals surface area (Å²) in [4.78, 5) is 23.7. The number of ketones is 1. The van der Waals surface area contributed by atoms with Crippen LogP contribution >= 0.6 is 0 Å². The molecular weight excluding hydrogens is 321 g/mol. The van der Waals surface area contributed by atoms with Gasteiger partial charge >= 0.3 is 5.97 Å². The molecule has 2 rings (SSSR count). The molecule has 0 saturated carbocycles. The number of hydrogen-bond acceptors (Lipinski definition) is 4. The van der Waals surface area contributed by atoms with Crippen LogP contribution in [0.3, 0.4) is 0 Å². The molecule has 0 heterocycles. The van der Waals surface area contributed by atoms with E-state index in [9.17, 15) is 14.0 Å². The molecule has 0 radical (unpaired) electrons. The molecule has 0 aromatic heterocycles. The maximum atomic E-state index is 14.4. The summed E-state index contributed by atoms with van der Waals surface area (Å²) in [6.45, 7) is 5.35. The minimum Gasteiger partial charge on any atom is -0.456 e.